The Morgan fingerprint density at radius 1 is 0.885 bits per heavy atom. The Hall–Kier alpha value is -2.62. The predicted octanol–water partition coefficient (Wildman–Crippen LogP) is 5.26. The van der Waals surface area contributed by atoms with Crippen LogP contribution >= 0.6 is 0 Å². The minimum absolute atomic E-state index is 0.0275. The van der Waals surface area contributed by atoms with Gasteiger partial charge in [-0.15, -0.1) is 0 Å². The lowest BCUT2D eigenvalue weighted by molar-refractivity contribution is -0.116. The summed E-state index contributed by atoms with van der Waals surface area (Å²) >= 11 is 0. The highest BCUT2D eigenvalue weighted by atomic mass is 16.2. The summed E-state index contributed by atoms with van der Waals surface area (Å²) in [4.78, 5) is 26.4. The molecular formula is C22H28N2O2. The van der Waals surface area contributed by atoms with Crippen LogP contribution in [0.25, 0.3) is 0 Å². The average molecular weight is 352 g/mol. The van der Waals surface area contributed by atoms with Crippen molar-refractivity contribution < 1.29 is 9.59 Å². The molecule has 0 unspecified atom stereocenters. The number of para-hydroxylation sites is 1. The van der Waals surface area contributed by atoms with Gasteiger partial charge in [0.15, 0.2) is 0 Å². The lowest BCUT2D eigenvalue weighted by Gasteiger charge is -2.21. The molecule has 2 aromatic rings. The van der Waals surface area contributed by atoms with Crippen LogP contribution in [0.15, 0.2) is 54.6 Å². The number of nitrogens with zero attached hydrogens (tertiary/aromatic N) is 1. The molecule has 0 aliphatic rings. The van der Waals surface area contributed by atoms with Gasteiger partial charge >= 0.3 is 0 Å². The minimum Gasteiger partial charge on any atom is -0.326 e. The zero-order chi connectivity index (χ0) is 18.8. The third kappa shape index (κ3) is 5.73. The number of unbranched alkanes of at least 4 members (excludes halogenated alkanes) is 3. The van der Waals surface area contributed by atoms with Gasteiger partial charge in [0.25, 0.3) is 5.91 Å². The second kappa shape index (κ2) is 10.4. The smallest absolute Gasteiger partial charge is 0.258 e. The van der Waals surface area contributed by atoms with Crippen LogP contribution in [-0.4, -0.2) is 18.4 Å². The fraction of sp³-hybridized carbons (Fsp3) is 0.364. The highest BCUT2D eigenvalue weighted by Gasteiger charge is 2.15. The van der Waals surface area contributed by atoms with E-state index in [1.807, 2.05) is 37.3 Å². The van der Waals surface area contributed by atoms with Gasteiger partial charge in [0, 0.05) is 29.9 Å². The molecule has 0 fully saturated rings. The first kappa shape index (κ1) is 19.7. The summed E-state index contributed by atoms with van der Waals surface area (Å²) in [7, 11) is 0. The van der Waals surface area contributed by atoms with E-state index in [4.69, 9.17) is 0 Å². The van der Waals surface area contributed by atoms with Crippen molar-refractivity contribution in [3.05, 3.63) is 60.2 Å². The quantitative estimate of drug-likeness (QED) is 0.626. The van der Waals surface area contributed by atoms with Crippen LogP contribution in [0.2, 0.25) is 0 Å². The number of carbonyl (C=O) groups is 2. The molecule has 1 N–H and O–H groups in total. The van der Waals surface area contributed by atoms with Gasteiger partial charge in [-0.3, -0.25) is 9.59 Å². The van der Waals surface area contributed by atoms with Crippen LogP contribution in [0, 0.1) is 0 Å². The van der Waals surface area contributed by atoms with Gasteiger partial charge in [0.2, 0.25) is 5.91 Å². The van der Waals surface area contributed by atoms with E-state index in [9.17, 15) is 9.59 Å². The molecule has 4 heteroatoms. The topological polar surface area (TPSA) is 49.4 Å². The van der Waals surface area contributed by atoms with Crippen LogP contribution < -0.4 is 10.2 Å². The zero-order valence-electron chi connectivity index (χ0n) is 15.7. The summed E-state index contributed by atoms with van der Waals surface area (Å²) in [6, 6.07) is 16.7. The molecule has 0 heterocycles. The Kier molecular flexibility index (Phi) is 7.87. The summed E-state index contributed by atoms with van der Waals surface area (Å²) in [5, 5.41) is 2.90. The molecule has 0 aromatic heterocycles. The van der Waals surface area contributed by atoms with Gasteiger partial charge in [0.1, 0.15) is 0 Å². The summed E-state index contributed by atoms with van der Waals surface area (Å²) in [6.45, 7) is 4.71. The maximum Gasteiger partial charge on any atom is 0.258 e. The summed E-state index contributed by atoms with van der Waals surface area (Å²) in [6.07, 6.45) is 4.87. The van der Waals surface area contributed by atoms with Gasteiger partial charge in [-0.25, -0.2) is 0 Å². The number of benzene rings is 2. The Balaban J connectivity index is 1.95. The van der Waals surface area contributed by atoms with Crippen LogP contribution in [0.4, 0.5) is 11.4 Å². The number of anilines is 2. The first-order valence-corrected chi connectivity index (χ1v) is 9.42. The molecule has 0 bridgehead atoms. The second-order valence-electron chi connectivity index (χ2n) is 6.32. The SMILES string of the molecule is CCCCCCC(=O)Nc1ccc(C(=O)N(CC)c2ccccc2)cc1. The standard InChI is InChI=1S/C22H28N2O2/c1-3-5-6-10-13-21(25)23-19-16-14-18(15-17-19)22(26)24(4-2)20-11-8-7-9-12-20/h7-9,11-12,14-17H,3-6,10,13H2,1-2H3,(H,23,25). The van der Waals surface area contributed by atoms with E-state index < -0.39 is 0 Å². The van der Waals surface area contributed by atoms with E-state index in [2.05, 4.69) is 12.2 Å². The molecule has 0 aliphatic heterocycles. The maximum absolute atomic E-state index is 12.8. The molecule has 0 spiro atoms. The van der Waals surface area contributed by atoms with Crippen LogP contribution in [0.1, 0.15) is 56.3 Å². The summed E-state index contributed by atoms with van der Waals surface area (Å²) in [5.41, 5.74) is 2.21. The van der Waals surface area contributed by atoms with Gasteiger partial charge < -0.3 is 10.2 Å². The third-order valence-corrected chi connectivity index (χ3v) is 4.30. The summed E-state index contributed by atoms with van der Waals surface area (Å²) in [5.74, 6) is -0.0178. The van der Waals surface area contributed by atoms with E-state index in [1.54, 1.807) is 29.2 Å². The van der Waals surface area contributed by atoms with Crippen LogP contribution in [0.3, 0.4) is 0 Å². The normalized spacial score (nSPS) is 10.4. The Morgan fingerprint density at radius 2 is 1.58 bits per heavy atom. The number of amides is 2. The Morgan fingerprint density at radius 3 is 2.19 bits per heavy atom. The molecular weight excluding hydrogens is 324 g/mol. The molecule has 138 valence electrons. The van der Waals surface area contributed by atoms with Gasteiger partial charge in [0.05, 0.1) is 0 Å². The van der Waals surface area contributed by atoms with Crippen molar-refractivity contribution in [2.45, 2.75) is 46.0 Å². The molecule has 0 aliphatic carbocycles. The van der Waals surface area contributed by atoms with Gasteiger partial charge in [-0.05, 0) is 49.7 Å². The monoisotopic (exact) mass is 352 g/mol. The summed E-state index contributed by atoms with van der Waals surface area (Å²) < 4.78 is 0. The van der Waals surface area contributed by atoms with Crippen molar-refractivity contribution in [1.29, 1.82) is 0 Å². The number of rotatable bonds is 9. The second-order valence-corrected chi connectivity index (χ2v) is 6.32. The van der Waals surface area contributed by atoms with E-state index in [0.29, 0.717) is 18.5 Å². The largest absolute Gasteiger partial charge is 0.326 e. The fourth-order valence-corrected chi connectivity index (χ4v) is 2.84. The molecule has 2 aromatic carbocycles. The van der Waals surface area contributed by atoms with Crippen molar-refractivity contribution in [2.24, 2.45) is 0 Å². The number of hydrogen-bond donors (Lipinski definition) is 1. The molecule has 26 heavy (non-hydrogen) atoms. The third-order valence-electron chi connectivity index (χ3n) is 4.30. The number of hydrogen-bond acceptors (Lipinski definition) is 2. The highest BCUT2D eigenvalue weighted by molar-refractivity contribution is 6.06. The maximum atomic E-state index is 12.8. The number of nitrogens with one attached hydrogen (secondary N) is 1. The van der Waals surface area contributed by atoms with Crippen molar-refractivity contribution in [3.8, 4) is 0 Å². The van der Waals surface area contributed by atoms with Gasteiger partial charge in [-0.1, -0.05) is 44.4 Å². The predicted molar refractivity (Wildman–Crippen MR) is 108 cm³/mol. The molecule has 2 amide bonds. The van der Waals surface area contributed by atoms with E-state index in [1.165, 1.54) is 6.42 Å². The van der Waals surface area contributed by atoms with Crippen molar-refractivity contribution in [3.63, 3.8) is 0 Å². The molecule has 0 saturated carbocycles. The lowest BCUT2D eigenvalue weighted by atomic mass is 10.1. The first-order valence-electron chi connectivity index (χ1n) is 9.42. The van der Waals surface area contributed by atoms with E-state index in [0.717, 1.165) is 30.6 Å². The lowest BCUT2D eigenvalue weighted by Crippen LogP contribution is -2.30. The van der Waals surface area contributed by atoms with Crippen LogP contribution in [0.5, 0.6) is 0 Å². The number of carbonyl (C=O) groups excluding carboxylic acids is 2. The zero-order valence-corrected chi connectivity index (χ0v) is 15.7. The highest BCUT2D eigenvalue weighted by Crippen LogP contribution is 2.18. The van der Waals surface area contributed by atoms with Crippen molar-refractivity contribution in [1.82, 2.24) is 0 Å². The molecule has 4 nitrogen and oxygen atoms in total. The van der Waals surface area contributed by atoms with Crippen LogP contribution in [-0.2, 0) is 4.79 Å². The van der Waals surface area contributed by atoms with E-state index in [-0.39, 0.29) is 11.8 Å². The minimum atomic E-state index is -0.0452. The molecule has 2 rings (SSSR count). The molecule has 0 saturated heterocycles. The average Bonchev–Trinajstić information content (AvgIpc) is 2.67. The van der Waals surface area contributed by atoms with Crippen molar-refractivity contribution >= 4 is 23.2 Å². The van der Waals surface area contributed by atoms with Gasteiger partial charge in [-0.2, -0.15) is 0 Å². The molecule has 0 atom stereocenters. The Labute approximate surface area is 156 Å². The Bertz CT molecular complexity index is 696. The first-order chi connectivity index (χ1) is 12.7. The molecule has 0 radical (unpaired) electrons. The fourth-order valence-electron chi connectivity index (χ4n) is 2.84. The van der Waals surface area contributed by atoms with E-state index >= 15 is 0 Å². The van der Waals surface area contributed by atoms with Crippen molar-refractivity contribution in [2.75, 3.05) is 16.8 Å².